The van der Waals surface area contributed by atoms with Crippen LogP contribution in [0.4, 0.5) is 5.69 Å². The minimum atomic E-state index is 0.362. The summed E-state index contributed by atoms with van der Waals surface area (Å²) in [7, 11) is 0. The average molecular weight is 247 g/mol. The average Bonchev–Trinajstić information content (AvgIpc) is 2.82. The summed E-state index contributed by atoms with van der Waals surface area (Å²) in [6.45, 7) is 2.16. The molecule has 1 N–H and O–H groups in total. The lowest BCUT2D eigenvalue weighted by Crippen LogP contribution is -2.17. The quantitative estimate of drug-likeness (QED) is 0.807. The summed E-state index contributed by atoms with van der Waals surface area (Å²) < 4.78 is 5.34. The van der Waals surface area contributed by atoms with Gasteiger partial charge in [0.15, 0.2) is 0 Å². The molecule has 0 aliphatic heterocycles. The third-order valence-electron chi connectivity index (χ3n) is 2.59. The SMILES string of the molecule is CSc1ccc(NC(C)Cc2ccco2)cc1. The molecule has 2 nitrogen and oxygen atoms in total. The highest BCUT2D eigenvalue weighted by molar-refractivity contribution is 7.98. The number of anilines is 1. The lowest BCUT2D eigenvalue weighted by molar-refractivity contribution is 0.498. The second-order valence-electron chi connectivity index (χ2n) is 4.06. The molecular weight excluding hydrogens is 230 g/mol. The van der Waals surface area contributed by atoms with Crippen LogP contribution in [0.5, 0.6) is 0 Å². The van der Waals surface area contributed by atoms with E-state index in [-0.39, 0.29) is 0 Å². The molecule has 0 aliphatic rings. The summed E-state index contributed by atoms with van der Waals surface area (Å²) in [4.78, 5) is 1.29. The molecular formula is C14H17NOS. The Morgan fingerprint density at radius 3 is 2.59 bits per heavy atom. The predicted molar refractivity (Wildman–Crippen MR) is 73.7 cm³/mol. The van der Waals surface area contributed by atoms with Crippen LogP contribution in [0.3, 0.4) is 0 Å². The smallest absolute Gasteiger partial charge is 0.105 e. The molecule has 1 atom stereocenters. The topological polar surface area (TPSA) is 25.2 Å². The first-order valence-electron chi connectivity index (χ1n) is 5.71. The highest BCUT2D eigenvalue weighted by Gasteiger charge is 2.05. The van der Waals surface area contributed by atoms with Crippen molar-refractivity contribution in [3.63, 3.8) is 0 Å². The highest BCUT2D eigenvalue weighted by atomic mass is 32.2. The molecule has 1 heterocycles. The van der Waals surface area contributed by atoms with Gasteiger partial charge in [0.2, 0.25) is 0 Å². The fourth-order valence-corrected chi connectivity index (χ4v) is 2.16. The summed E-state index contributed by atoms with van der Waals surface area (Å²) in [6, 6.07) is 12.8. The molecule has 0 saturated heterocycles. The van der Waals surface area contributed by atoms with Crippen LogP contribution in [0, 0.1) is 0 Å². The van der Waals surface area contributed by atoms with Gasteiger partial charge in [-0.1, -0.05) is 0 Å². The van der Waals surface area contributed by atoms with Gasteiger partial charge in [-0.15, -0.1) is 11.8 Å². The van der Waals surface area contributed by atoms with Gasteiger partial charge >= 0.3 is 0 Å². The van der Waals surface area contributed by atoms with Crippen molar-refractivity contribution in [2.45, 2.75) is 24.3 Å². The van der Waals surface area contributed by atoms with Crippen molar-refractivity contribution in [2.75, 3.05) is 11.6 Å². The van der Waals surface area contributed by atoms with E-state index in [0.717, 1.165) is 17.9 Å². The lowest BCUT2D eigenvalue weighted by Gasteiger charge is -2.14. The number of rotatable bonds is 5. The van der Waals surface area contributed by atoms with Crippen LogP contribution in [0.15, 0.2) is 52.0 Å². The molecule has 2 rings (SSSR count). The Morgan fingerprint density at radius 2 is 2.00 bits per heavy atom. The third kappa shape index (κ3) is 3.56. The Kier molecular flexibility index (Phi) is 4.15. The van der Waals surface area contributed by atoms with Crippen molar-refractivity contribution in [3.8, 4) is 0 Å². The van der Waals surface area contributed by atoms with Gasteiger partial charge < -0.3 is 9.73 Å². The van der Waals surface area contributed by atoms with Gasteiger partial charge in [0.1, 0.15) is 5.76 Å². The first-order chi connectivity index (χ1) is 8.28. The van der Waals surface area contributed by atoms with Crippen LogP contribution >= 0.6 is 11.8 Å². The normalized spacial score (nSPS) is 12.4. The zero-order valence-electron chi connectivity index (χ0n) is 10.1. The minimum absolute atomic E-state index is 0.362. The highest BCUT2D eigenvalue weighted by Crippen LogP contribution is 2.18. The summed E-state index contributed by atoms with van der Waals surface area (Å²) in [5, 5.41) is 3.46. The summed E-state index contributed by atoms with van der Waals surface area (Å²) in [5.74, 6) is 1.02. The molecule has 0 spiro atoms. The van der Waals surface area contributed by atoms with Crippen LogP contribution in [-0.2, 0) is 6.42 Å². The molecule has 1 unspecified atom stereocenters. The van der Waals surface area contributed by atoms with Crippen LogP contribution in [0.1, 0.15) is 12.7 Å². The summed E-state index contributed by atoms with van der Waals surface area (Å²) in [6.07, 6.45) is 4.70. The van der Waals surface area contributed by atoms with Crippen molar-refractivity contribution in [1.29, 1.82) is 0 Å². The van der Waals surface area contributed by atoms with Gasteiger partial charge in [-0.05, 0) is 49.6 Å². The van der Waals surface area contributed by atoms with E-state index in [2.05, 4.69) is 42.8 Å². The molecule has 0 fully saturated rings. The molecule has 0 saturated carbocycles. The van der Waals surface area contributed by atoms with E-state index in [0.29, 0.717) is 6.04 Å². The number of hydrogen-bond donors (Lipinski definition) is 1. The summed E-state index contributed by atoms with van der Waals surface area (Å²) in [5.41, 5.74) is 1.15. The fraction of sp³-hybridized carbons (Fsp3) is 0.286. The number of nitrogens with one attached hydrogen (secondary N) is 1. The molecule has 0 bridgehead atoms. The molecule has 1 aromatic heterocycles. The van der Waals surface area contributed by atoms with Gasteiger partial charge in [-0.25, -0.2) is 0 Å². The monoisotopic (exact) mass is 247 g/mol. The van der Waals surface area contributed by atoms with E-state index in [1.54, 1.807) is 18.0 Å². The van der Waals surface area contributed by atoms with Crippen LogP contribution in [-0.4, -0.2) is 12.3 Å². The zero-order valence-corrected chi connectivity index (χ0v) is 11.0. The Bertz CT molecular complexity index is 436. The van der Waals surface area contributed by atoms with E-state index < -0.39 is 0 Å². The van der Waals surface area contributed by atoms with Gasteiger partial charge in [-0.2, -0.15) is 0 Å². The Balaban J connectivity index is 1.91. The van der Waals surface area contributed by atoms with Gasteiger partial charge in [-0.3, -0.25) is 0 Å². The van der Waals surface area contributed by atoms with Gasteiger partial charge in [0.25, 0.3) is 0 Å². The first kappa shape index (κ1) is 12.1. The van der Waals surface area contributed by atoms with Gasteiger partial charge in [0.05, 0.1) is 6.26 Å². The van der Waals surface area contributed by atoms with Crippen molar-refractivity contribution < 1.29 is 4.42 Å². The minimum Gasteiger partial charge on any atom is -0.469 e. The van der Waals surface area contributed by atoms with Crippen LogP contribution in [0.2, 0.25) is 0 Å². The second kappa shape index (κ2) is 5.82. The second-order valence-corrected chi connectivity index (χ2v) is 4.94. The van der Waals surface area contributed by atoms with E-state index in [4.69, 9.17) is 4.42 Å². The molecule has 90 valence electrons. The number of thioether (sulfide) groups is 1. The molecule has 0 radical (unpaired) electrons. The van der Waals surface area contributed by atoms with E-state index in [1.807, 2.05) is 12.1 Å². The molecule has 0 aliphatic carbocycles. The molecule has 0 amide bonds. The zero-order chi connectivity index (χ0) is 12.1. The number of benzene rings is 1. The van der Waals surface area contributed by atoms with Crippen molar-refractivity contribution in [1.82, 2.24) is 0 Å². The summed E-state index contributed by atoms with van der Waals surface area (Å²) >= 11 is 1.76. The maximum absolute atomic E-state index is 5.34. The largest absolute Gasteiger partial charge is 0.469 e. The standard InChI is InChI=1S/C14H17NOS/c1-11(10-13-4-3-9-16-13)15-12-5-7-14(17-2)8-6-12/h3-9,11,15H,10H2,1-2H3. The van der Waals surface area contributed by atoms with E-state index in [9.17, 15) is 0 Å². The van der Waals surface area contributed by atoms with E-state index in [1.165, 1.54) is 4.90 Å². The van der Waals surface area contributed by atoms with Gasteiger partial charge in [0, 0.05) is 23.0 Å². The number of furan rings is 1. The van der Waals surface area contributed by atoms with Crippen molar-refractivity contribution in [2.24, 2.45) is 0 Å². The maximum atomic E-state index is 5.34. The van der Waals surface area contributed by atoms with Crippen LogP contribution < -0.4 is 5.32 Å². The van der Waals surface area contributed by atoms with Crippen molar-refractivity contribution in [3.05, 3.63) is 48.4 Å². The lowest BCUT2D eigenvalue weighted by atomic mass is 10.2. The maximum Gasteiger partial charge on any atom is 0.105 e. The van der Waals surface area contributed by atoms with E-state index >= 15 is 0 Å². The Morgan fingerprint density at radius 1 is 1.24 bits per heavy atom. The Hall–Kier alpha value is -1.35. The Labute approximate surface area is 106 Å². The molecule has 17 heavy (non-hydrogen) atoms. The molecule has 2 aromatic rings. The van der Waals surface area contributed by atoms with Crippen molar-refractivity contribution >= 4 is 17.4 Å². The molecule has 3 heteroatoms. The fourth-order valence-electron chi connectivity index (χ4n) is 1.75. The first-order valence-corrected chi connectivity index (χ1v) is 6.93. The third-order valence-corrected chi connectivity index (χ3v) is 3.33. The number of hydrogen-bond acceptors (Lipinski definition) is 3. The molecule has 1 aromatic carbocycles. The van der Waals surface area contributed by atoms with Crippen LogP contribution in [0.25, 0.3) is 0 Å². The predicted octanol–water partition coefficient (Wildman–Crippen LogP) is 4.04.